The molecule has 98 valence electrons. The van der Waals surface area contributed by atoms with E-state index in [0.29, 0.717) is 0 Å². The van der Waals surface area contributed by atoms with Crippen molar-refractivity contribution in [2.45, 2.75) is 13.3 Å². The molecular weight excluding hydrogens is 246 g/mol. The summed E-state index contributed by atoms with van der Waals surface area (Å²) in [6, 6.07) is 18.0. The molecule has 1 heterocycles. The van der Waals surface area contributed by atoms with E-state index >= 15 is 0 Å². The Morgan fingerprint density at radius 1 is 1.00 bits per heavy atom. The van der Waals surface area contributed by atoms with E-state index in [-0.39, 0.29) is 5.78 Å². The average molecular weight is 261 g/mol. The van der Waals surface area contributed by atoms with Crippen LogP contribution in [-0.2, 0) is 6.42 Å². The SMILES string of the molecule is CC(=O)c1ccc(Cc2ccnc3ccccc23)cc1. The van der Waals surface area contributed by atoms with E-state index in [2.05, 4.69) is 17.1 Å². The third-order valence-electron chi connectivity index (χ3n) is 3.49. The summed E-state index contributed by atoms with van der Waals surface area (Å²) in [7, 11) is 0. The summed E-state index contributed by atoms with van der Waals surface area (Å²) in [6.45, 7) is 1.59. The zero-order valence-electron chi connectivity index (χ0n) is 11.3. The summed E-state index contributed by atoms with van der Waals surface area (Å²) in [4.78, 5) is 15.7. The standard InChI is InChI=1S/C18H15NO/c1-13(20)15-8-6-14(7-9-15)12-16-10-11-19-18-5-3-2-4-17(16)18/h2-11H,12H2,1H3. The van der Waals surface area contributed by atoms with Crippen LogP contribution in [0, 0.1) is 0 Å². The molecule has 0 amide bonds. The highest BCUT2D eigenvalue weighted by Crippen LogP contribution is 2.19. The number of nitrogens with zero attached hydrogens (tertiary/aromatic N) is 1. The quantitative estimate of drug-likeness (QED) is 0.666. The van der Waals surface area contributed by atoms with Gasteiger partial charge in [0, 0.05) is 17.1 Å². The minimum absolute atomic E-state index is 0.103. The van der Waals surface area contributed by atoms with Gasteiger partial charge in [0.15, 0.2) is 5.78 Å². The maximum atomic E-state index is 11.3. The van der Waals surface area contributed by atoms with E-state index in [1.807, 2.05) is 48.7 Å². The molecule has 0 atom stereocenters. The first-order chi connectivity index (χ1) is 9.74. The number of benzene rings is 2. The van der Waals surface area contributed by atoms with E-state index in [0.717, 1.165) is 17.5 Å². The number of hydrogen-bond acceptors (Lipinski definition) is 2. The van der Waals surface area contributed by atoms with Crippen LogP contribution < -0.4 is 0 Å². The predicted octanol–water partition coefficient (Wildman–Crippen LogP) is 4.03. The number of fused-ring (bicyclic) bond motifs is 1. The van der Waals surface area contributed by atoms with Gasteiger partial charge in [-0.1, -0.05) is 42.5 Å². The Balaban J connectivity index is 1.95. The monoisotopic (exact) mass is 261 g/mol. The van der Waals surface area contributed by atoms with Gasteiger partial charge in [0.25, 0.3) is 0 Å². The van der Waals surface area contributed by atoms with Gasteiger partial charge < -0.3 is 0 Å². The fourth-order valence-corrected chi connectivity index (χ4v) is 2.39. The van der Waals surface area contributed by atoms with E-state index in [9.17, 15) is 4.79 Å². The van der Waals surface area contributed by atoms with E-state index in [4.69, 9.17) is 0 Å². The van der Waals surface area contributed by atoms with Crippen LogP contribution in [-0.4, -0.2) is 10.8 Å². The normalized spacial score (nSPS) is 10.7. The number of rotatable bonds is 3. The molecule has 2 heteroatoms. The molecule has 0 spiro atoms. The molecule has 0 saturated carbocycles. The fourth-order valence-electron chi connectivity index (χ4n) is 2.39. The molecule has 1 aromatic heterocycles. The van der Waals surface area contributed by atoms with Gasteiger partial charge in [-0.15, -0.1) is 0 Å². The first-order valence-corrected chi connectivity index (χ1v) is 6.66. The second kappa shape index (κ2) is 5.25. The molecule has 0 aliphatic carbocycles. The highest BCUT2D eigenvalue weighted by Gasteiger charge is 2.04. The Labute approximate surface area is 118 Å². The van der Waals surface area contributed by atoms with Crippen LogP contribution in [0.5, 0.6) is 0 Å². The van der Waals surface area contributed by atoms with Crippen molar-refractivity contribution in [3.63, 3.8) is 0 Å². The van der Waals surface area contributed by atoms with Gasteiger partial charge in [-0.25, -0.2) is 0 Å². The van der Waals surface area contributed by atoms with Crippen molar-refractivity contribution < 1.29 is 4.79 Å². The van der Waals surface area contributed by atoms with Gasteiger partial charge in [-0.3, -0.25) is 9.78 Å². The Morgan fingerprint density at radius 2 is 1.75 bits per heavy atom. The second-order valence-corrected chi connectivity index (χ2v) is 4.92. The Kier molecular flexibility index (Phi) is 3.30. The molecule has 20 heavy (non-hydrogen) atoms. The average Bonchev–Trinajstić information content (AvgIpc) is 2.48. The maximum absolute atomic E-state index is 11.3. The molecule has 3 rings (SSSR count). The zero-order valence-corrected chi connectivity index (χ0v) is 11.3. The Hall–Kier alpha value is -2.48. The van der Waals surface area contributed by atoms with E-state index in [1.54, 1.807) is 6.92 Å². The summed E-state index contributed by atoms with van der Waals surface area (Å²) in [5.41, 5.74) is 4.23. The lowest BCUT2D eigenvalue weighted by atomic mass is 10.00. The summed E-state index contributed by atoms with van der Waals surface area (Å²) in [6.07, 6.45) is 2.70. The van der Waals surface area contributed by atoms with Crippen molar-refractivity contribution in [1.82, 2.24) is 4.98 Å². The maximum Gasteiger partial charge on any atom is 0.159 e. The highest BCUT2D eigenvalue weighted by molar-refractivity contribution is 5.94. The topological polar surface area (TPSA) is 30.0 Å². The van der Waals surface area contributed by atoms with Gasteiger partial charge in [0.05, 0.1) is 5.52 Å². The first kappa shape index (κ1) is 12.5. The lowest BCUT2D eigenvalue weighted by Crippen LogP contribution is -1.94. The van der Waals surface area contributed by atoms with Crippen LogP contribution in [0.1, 0.15) is 28.4 Å². The highest BCUT2D eigenvalue weighted by atomic mass is 16.1. The second-order valence-electron chi connectivity index (χ2n) is 4.92. The molecule has 0 N–H and O–H groups in total. The lowest BCUT2D eigenvalue weighted by molar-refractivity contribution is 0.101. The van der Waals surface area contributed by atoms with Gasteiger partial charge in [0.1, 0.15) is 0 Å². The first-order valence-electron chi connectivity index (χ1n) is 6.66. The molecule has 0 aliphatic heterocycles. The molecule has 0 radical (unpaired) electrons. The van der Waals surface area contributed by atoms with Crippen molar-refractivity contribution >= 4 is 16.7 Å². The molecule has 0 fully saturated rings. The third kappa shape index (κ3) is 2.45. The summed E-state index contributed by atoms with van der Waals surface area (Å²) in [5.74, 6) is 0.103. The largest absolute Gasteiger partial charge is 0.295 e. The van der Waals surface area contributed by atoms with Gasteiger partial charge in [-0.2, -0.15) is 0 Å². The molecule has 0 unspecified atom stereocenters. The van der Waals surface area contributed by atoms with Crippen LogP contribution in [0.15, 0.2) is 60.8 Å². The molecule has 2 nitrogen and oxygen atoms in total. The smallest absolute Gasteiger partial charge is 0.159 e. The van der Waals surface area contributed by atoms with Crippen LogP contribution in [0.25, 0.3) is 10.9 Å². The van der Waals surface area contributed by atoms with Crippen molar-refractivity contribution in [2.75, 3.05) is 0 Å². The number of carbonyl (C=O) groups excluding carboxylic acids is 1. The number of pyridine rings is 1. The number of aromatic nitrogens is 1. The summed E-state index contributed by atoms with van der Waals surface area (Å²) in [5, 5.41) is 1.19. The van der Waals surface area contributed by atoms with Crippen LogP contribution >= 0.6 is 0 Å². The molecular formula is C18H15NO. The summed E-state index contributed by atoms with van der Waals surface area (Å²) >= 11 is 0. The van der Waals surface area contributed by atoms with Crippen molar-refractivity contribution in [3.05, 3.63) is 77.5 Å². The van der Waals surface area contributed by atoms with E-state index in [1.165, 1.54) is 16.5 Å². The van der Waals surface area contributed by atoms with Crippen molar-refractivity contribution in [3.8, 4) is 0 Å². The van der Waals surface area contributed by atoms with Crippen LogP contribution in [0.4, 0.5) is 0 Å². The fraction of sp³-hybridized carbons (Fsp3) is 0.111. The lowest BCUT2D eigenvalue weighted by Gasteiger charge is -2.06. The molecule has 0 aliphatic rings. The van der Waals surface area contributed by atoms with Crippen LogP contribution in [0.2, 0.25) is 0 Å². The van der Waals surface area contributed by atoms with Gasteiger partial charge >= 0.3 is 0 Å². The Morgan fingerprint density at radius 3 is 2.50 bits per heavy atom. The van der Waals surface area contributed by atoms with Gasteiger partial charge in [0.2, 0.25) is 0 Å². The minimum Gasteiger partial charge on any atom is -0.295 e. The molecule has 0 saturated heterocycles. The van der Waals surface area contributed by atoms with Gasteiger partial charge in [-0.05, 0) is 36.6 Å². The Bertz CT molecular complexity index is 754. The number of ketones is 1. The minimum atomic E-state index is 0.103. The van der Waals surface area contributed by atoms with Crippen molar-refractivity contribution in [1.29, 1.82) is 0 Å². The third-order valence-corrected chi connectivity index (χ3v) is 3.49. The number of para-hydroxylation sites is 1. The molecule has 2 aromatic carbocycles. The predicted molar refractivity (Wildman–Crippen MR) is 81.0 cm³/mol. The zero-order chi connectivity index (χ0) is 13.9. The van der Waals surface area contributed by atoms with Crippen LogP contribution in [0.3, 0.4) is 0 Å². The molecule has 0 bridgehead atoms. The summed E-state index contributed by atoms with van der Waals surface area (Å²) < 4.78 is 0. The number of Topliss-reactive ketones (excluding diaryl/α,β-unsaturated/α-hetero) is 1. The van der Waals surface area contributed by atoms with E-state index < -0.39 is 0 Å². The molecule has 3 aromatic rings. The van der Waals surface area contributed by atoms with Crippen molar-refractivity contribution in [2.24, 2.45) is 0 Å². The number of carbonyl (C=O) groups is 1. The number of hydrogen-bond donors (Lipinski definition) is 0.